The Labute approximate surface area is 125 Å². The highest BCUT2D eigenvalue weighted by atomic mass is 16.6. The van der Waals surface area contributed by atoms with Crippen LogP contribution >= 0.6 is 0 Å². The van der Waals surface area contributed by atoms with Gasteiger partial charge in [0.05, 0.1) is 12.6 Å². The third-order valence-corrected chi connectivity index (χ3v) is 2.38. The second kappa shape index (κ2) is 6.51. The predicted molar refractivity (Wildman–Crippen MR) is 77.1 cm³/mol. The zero-order valence-electron chi connectivity index (χ0n) is 13.6. The summed E-state index contributed by atoms with van der Waals surface area (Å²) in [6, 6.07) is -0.340. The number of ether oxygens (including phenoxy) is 3. The van der Waals surface area contributed by atoms with Crippen molar-refractivity contribution in [2.45, 2.75) is 64.9 Å². The topological polar surface area (TPSA) is 89.2 Å². The second-order valence-corrected chi connectivity index (χ2v) is 7.01. The van der Waals surface area contributed by atoms with Crippen LogP contribution in [0.5, 0.6) is 0 Å². The van der Waals surface area contributed by atoms with Crippen LogP contribution in [0.3, 0.4) is 0 Å². The zero-order valence-corrected chi connectivity index (χ0v) is 13.6. The maximum Gasteiger partial charge on any atom is 0.408 e. The molecule has 1 aliphatic rings. The van der Waals surface area contributed by atoms with Crippen LogP contribution < -0.4 is 10.6 Å². The van der Waals surface area contributed by atoms with Gasteiger partial charge in [0.1, 0.15) is 17.3 Å². The molecular formula is C14H26N2O5. The summed E-state index contributed by atoms with van der Waals surface area (Å²) in [6.07, 6.45) is -1.17. The lowest BCUT2D eigenvalue weighted by Crippen LogP contribution is -2.49. The molecule has 21 heavy (non-hydrogen) atoms. The van der Waals surface area contributed by atoms with Crippen LogP contribution in [0.15, 0.2) is 0 Å². The van der Waals surface area contributed by atoms with Gasteiger partial charge in [-0.2, -0.15) is 0 Å². The number of epoxide rings is 1. The fraction of sp³-hybridized carbons (Fsp3) is 0.857. The molecule has 7 heteroatoms. The first-order valence-corrected chi connectivity index (χ1v) is 7.04. The van der Waals surface area contributed by atoms with E-state index in [4.69, 9.17) is 14.2 Å². The van der Waals surface area contributed by atoms with Crippen molar-refractivity contribution in [3.05, 3.63) is 0 Å². The van der Waals surface area contributed by atoms with Gasteiger partial charge in [-0.1, -0.05) is 0 Å². The van der Waals surface area contributed by atoms with Crippen LogP contribution in [0.25, 0.3) is 0 Å². The molecule has 7 nitrogen and oxygen atoms in total. The Kier molecular flexibility index (Phi) is 5.44. The normalized spacial score (nSPS) is 19.4. The lowest BCUT2D eigenvalue weighted by atomic mass is 10.2. The average molecular weight is 302 g/mol. The molecule has 1 heterocycles. The quantitative estimate of drug-likeness (QED) is 0.773. The summed E-state index contributed by atoms with van der Waals surface area (Å²) in [7, 11) is 0. The highest BCUT2D eigenvalue weighted by Crippen LogP contribution is 2.15. The predicted octanol–water partition coefficient (Wildman–Crippen LogP) is 1.80. The van der Waals surface area contributed by atoms with Crippen molar-refractivity contribution in [2.75, 3.05) is 13.2 Å². The number of alkyl carbamates (subject to hydrolysis) is 2. The summed E-state index contributed by atoms with van der Waals surface area (Å²) in [5.41, 5.74) is -1.13. The van der Waals surface area contributed by atoms with Gasteiger partial charge in [-0.3, -0.25) is 0 Å². The summed E-state index contributed by atoms with van der Waals surface area (Å²) in [5.74, 6) is 0. The fourth-order valence-electron chi connectivity index (χ4n) is 1.53. The molecule has 2 atom stereocenters. The molecular weight excluding hydrogens is 276 g/mol. The fourth-order valence-corrected chi connectivity index (χ4v) is 1.53. The van der Waals surface area contributed by atoms with E-state index in [-0.39, 0.29) is 18.7 Å². The first-order chi connectivity index (χ1) is 9.46. The number of carbonyl (C=O) groups is 2. The van der Waals surface area contributed by atoms with E-state index in [1.165, 1.54) is 0 Å². The van der Waals surface area contributed by atoms with Gasteiger partial charge in [0.2, 0.25) is 0 Å². The Morgan fingerprint density at radius 2 is 1.57 bits per heavy atom. The number of hydrogen-bond donors (Lipinski definition) is 2. The van der Waals surface area contributed by atoms with Gasteiger partial charge < -0.3 is 24.8 Å². The number of hydrogen-bond acceptors (Lipinski definition) is 5. The Hall–Kier alpha value is -1.50. The minimum atomic E-state index is -0.572. The van der Waals surface area contributed by atoms with Crippen molar-refractivity contribution in [3.8, 4) is 0 Å². The van der Waals surface area contributed by atoms with Gasteiger partial charge in [-0.15, -0.1) is 0 Å². The zero-order chi connectivity index (χ0) is 16.3. The van der Waals surface area contributed by atoms with Crippen molar-refractivity contribution < 1.29 is 23.8 Å². The molecule has 1 fully saturated rings. The largest absolute Gasteiger partial charge is 0.444 e. The van der Waals surface area contributed by atoms with Crippen molar-refractivity contribution in [2.24, 2.45) is 0 Å². The molecule has 0 radical (unpaired) electrons. The van der Waals surface area contributed by atoms with Crippen LogP contribution in [0.2, 0.25) is 0 Å². The third kappa shape index (κ3) is 8.39. The van der Waals surface area contributed by atoms with Gasteiger partial charge in [0, 0.05) is 6.54 Å². The molecule has 0 aromatic heterocycles. The number of nitrogens with one attached hydrogen (secondary N) is 2. The van der Waals surface area contributed by atoms with Crippen molar-refractivity contribution in [1.82, 2.24) is 10.6 Å². The van der Waals surface area contributed by atoms with E-state index in [1.807, 2.05) is 0 Å². The van der Waals surface area contributed by atoms with E-state index in [0.717, 1.165) is 0 Å². The highest BCUT2D eigenvalue weighted by molar-refractivity contribution is 5.69. The lowest BCUT2D eigenvalue weighted by Gasteiger charge is -2.24. The van der Waals surface area contributed by atoms with E-state index in [9.17, 15) is 9.59 Å². The molecule has 1 saturated heterocycles. The molecule has 2 N–H and O–H groups in total. The number of carbonyl (C=O) groups excluding carboxylic acids is 2. The van der Waals surface area contributed by atoms with Crippen LogP contribution in [0.4, 0.5) is 9.59 Å². The molecule has 0 bridgehead atoms. The SMILES string of the molecule is CC(C)(C)OC(=O)NC[C@H](NC(=O)OC(C)(C)C)[C@@H]1CO1. The van der Waals surface area contributed by atoms with Crippen LogP contribution in [-0.4, -0.2) is 48.7 Å². The number of amides is 2. The summed E-state index contributed by atoms with van der Waals surface area (Å²) in [4.78, 5) is 23.3. The minimum Gasteiger partial charge on any atom is -0.444 e. The summed E-state index contributed by atoms with van der Waals surface area (Å²) in [6.45, 7) is 11.5. The highest BCUT2D eigenvalue weighted by Gasteiger charge is 2.35. The molecule has 0 aromatic carbocycles. The molecule has 0 aliphatic carbocycles. The molecule has 0 aromatic rings. The second-order valence-electron chi connectivity index (χ2n) is 7.01. The van der Waals surface area contributed by atoms with Crippen molar-refractivity contribution in [1.29, 1.82) is 0 Å². The summed E-state index contributed by atoms with van der Waals surface area (Å²) >= 11 is 0. The Morgan fingerprint density at radius 1 is 1.10 bits per heavy atom. The molecule has 1 rings (SSSR count). The molecule has 0 saturated carbocycles. The lowest BCUT2D eigenvalue weighted by molar-refractivity contribution is 0.0454. The van der Waals surface area contributed by atoms with Gasteiger partial charge in [0.15, 0.2) is 0 Å². The van der Waals surface area contributed by atoms with Gasteiger partial charge in [0.25, 0.3) is 0 Å². The van der Waals surface area contributed by atoms with Crippen molar-refractivity contribution in [3.63, 3.8) is 0 Å². The van der Waals surface area contributed by atoms with Crippen LogP contribution in [-0.2, 0) is 14.2 Å². The standard InChI is InChI=1S/C14H26N2O5/c1-13(2,3)20-11(17)15-7-9(10-8-19-10)16-12(18)21-14(4,5)6/h9-10H,7-8H2,1-6H3,(H,15,17)(H,16,18)/t9-,10-/m0/s1. The van der Waals surface area contributed by atoms with E-state index in [0.29, 0.717) is 6.61 Å². The Balaban J connectivity index is 2.41. The molecule has 0 spiro atoms. The van der Waals surface area contributed by atoms with E-state index in [2.05, 4.69) is 10.6 Å². The van der Waals surface area contributed by atoms with Gasteiger partial charge in [-0.05, 0) is 41.5 Å². The van der Waals surface area contributed by atoms with Gasteiger partial charge >= 0.3 is 12.2 Å². The maximum absolute atomic E-state index is 11.7. The van der Waals surface area contributed by atoms with Crippen LogP contribution in [0, 0.1) is 0 Å². The van der Waals surface area contributed by atoms with E-state index >= 15 is 0 Å². The Morgan fingerprint density at radius 3 is 2.00 bits per heavy atom. The van der Waals surface area contributed by atoms with Crippen molar-refractivity contribution >= 4 is 12.2 Å². The Bertz CT molecular complexity index is 380. The van der Waals surface area contributed by atoms with E-state index < -0.39 is 23.4 Å². The minimum absolute atomic E-state index is 0.104. The van der Waals surface area contributed by atoms with E-state index in [1.54, 1.807) is 41.5 Å². The third-order valence-electron chi connectivity index (χ3n) is 2.38. The molecule has 1 aliphatic heterocycles. The first kappa shape index (κ1) is 17.6. The molecule has 122 valence electrons. The monoisotopic (exact) mass is 302 g/mol. The molecule has 2 amide bonds. The molecule has 0 unspecified atom stereocenters. The van der Waals surface area contributed by atoms with Gasteiger partial charge in [-0.25, -0.2) is 9.59 Å². The van der Waals surface area contributed by atoms with Crippen LogP contribution in [0.1, 0.15) is 41.5 Å². The number of rotatable bonds is 4. The first-order valence-electron chi connectivity index (χ1n) is 7.04. The average Bonchev–Trinajstić information content (AvgIpc) is 3.02. The summed E-state index contributed by atoms with van der Waals surface area (Å²) in [5, 5.41) is 5.31. The maximum atomic E-state index is 11.7. The smallest absolute Gasteiger partial charge is 0.408 e. The summed E-state index contributed by atoms with van der Waals surface area (Å²) < 4.78 is 15.5.